The van der Waals surface area contributed by atoms with Crippen LogP contribution in [0.3, 0.4) is 0 Å². The third kappa shape index (κ3) is 4.81. The number of rotatable bonds is 6. The van der Waals surface area contributed by atoms with Crippen LogP contribution in [-0.4, -0.2) is 16.7 Å². The Morgan fingerprint density at radius 2 is 1.29 bits per heavy atom. The second-order valence-corrected chi connectivity index (χ2v) is 12.7. The molecule has 0 fully saturated rings. The van der Waals surface area contributed by atoms with Crippen LogP contribution < -0.4 is 4.90 Å². The zero-order valence-corrected chi connectivity index (χ0v) is 27.1. The van der Waals surface area contributed by atoms with E-state index in [9.17, 15) is 0 Å². The van der Waals surface area contributed by atoms with Crippen LogP contribution in [0, 0.1) is 0 Å². The van der Waals surface area contributed by atoms with Crippen LogP contribution >= 0.6 is 0 Å². The lowest BCUT2D eigenvalue weighted by atomic mass is 9.73. The molecular weight excluding hydrogens is 585 g/mol. The Labute approximate surface area is 281 Å². The number of anilines is 2. The molecule has 230 valence electrons. The highest BCUT2D eigenvalue weighted by atomic mass is 15.2. The predicted molar refractivity (Wildman–Crippen MR) is 202 cm³/mol. The summed E-state index contributed by atoms with van der Waals surface area (Å²) in [5.41, 5.74) is 12.5. The van der Waals surface area contributed by atoms with Crippen molar-refractivity contribution >= 4 is 39.9 Å². The van der Waals surface area contributed by atoms with Crippen molar-refractivity contribution in [2.75, 3.05) is 4.90 Å². The normalized spacial score (nSPS) is 13.8. The first-order chi connectivity index (χ1) is 23.5. The van der Waals surface area contributed by atoms with Crippen molar-refractivity contribution in [3.05, 3.63) is 169 Å². The third-order valence-corrected chi connectivity index (χ3v) is 9.52. The minimum Gasteiger partial charge on any atom is -0.295 e. The number of para-hydroxylation sites is 1. The lowest BCUT2D eigenvalue weighted by Gasteiger charge is -2.41. The average molecular weight is 619 g/mol. The van der Waals surface area contributed by atoms with E-state index in [0.717, 1.165) is 78.1 Å². The van der Waals surface area contributed by atoms with E-state index >= 15 is 0 Å². The van der Waals surface area contributed by atoms with E-state index in [4.69, 9.17) is 4.98 Å². The standard InChI is InChI=1S/C44H34N4/c1-5-37-43(45-4)48(36-17-7-6-8-18-36)40-24-22-34(28-38(40)44(37,2)3)32-13-9-12-31(26-32)33-14-10-15-35(27-33)39-23-21-30-20-19-29-16-11-25-46-41(29)42(30)47-39/h5-28H,1,4H2,2-3H3. The molecule has 0 bridgehead atoms. The molecule has 5 aromatic carbocycles. The molecule has 48 heavy (non-hydrogen) atoms. The van der Waals surface area contributed by atoms with Crippen molar-refractivity contribution in [2.45, 2.75) is 19.3 Å². The summed E-state index contributed by atoms with van der Waals surface area (Å²) in [6.07, 6.45) is 3.75. The van der Waals surface area contributed by atoms with Crippen molar-refractivity contribution in [1.82, 2.24) is 9.97 Å². The Hall–Kier alpha value is -6.13. The van der Waals surface area contributed by atoms with Gasteiger partial charge in [0.05, 0.1) is 22.4 Å². The van der Waals surface area contributed by atoms with Crippen LogP contribution in [0.15, 0.2) is 169 Å². The Morgan fingerprint density at radius 1 is 0.646 bits per heavy atom. The number of nitrogens with zero attached hydrogens (tertiary/aromatic N) is 4. The molecule has 0 radical (unpaired) electrons. The highest BCUT2D eigenvalue weighted by Crippen LogP contribution is 2.50. The van der Waals surface area contributed by atoms with Crippen molar-refractivity contribution < 1.29 is 0 Å². The first-order valence-corrected chi connectivity index (χ1v) is 16.2. The molecule has 8 rings (SSSR count). The molecule has 1 aliphatic rings. The van der Waals surface area contributed by atoms with E-state index in [1.807, 2.05) is 36.5 Å². The van der Waals surface area contributed by atoms with Crippen LogP contribution in [0.25, 0.3) is 55.3 Å². The van der Waals surface area contributed by atoms with Gasteiger partial charge in [-0.05, 0) is 83.1 Å². The van der Waals surface area contributed by atoms with Gasteiger partial charge in [0, 0.05) is 39.2 Å². The summed E-state index contributed by atoms with van der Waals surface area (Å²) in [5, 5.41) is 2.18. The van der Waals surface area contributed by atoms with Gasteiger partial charge in [-0.25, -0.2) is 9.98 Å². The van der Waals surface area contributed by atoms with Gasteiger partial charge >= 0.3 is 0 Å². The molecule has 0 saturated heterocycles. The number of benzene rings is 5. The molecule has 4 heteroatoms. The fourth-order valence-electron chi connectivity index (χ4n) is 7.03. The summed E-state index contributed by atoms with van der Waals surface area (Å²) < 4.78 is 0. The molecular formula is C44H34N4. The first-order valence-electron chi connectivity index (χ1n) is 16.2. The van der Waals surface area contributed by atoms with Gasteiger partial charge in [0.2, 0.25) is 0 Å². The zero-order valence-electron chi connectivity index (χ0n) is 27.1. The highest BCUT2D eigenvalue weighted by Gasteiger charge is 2.38. The van der Waals surface area contributed by atoms with E-state index in [0.29, 0.717) is 0 Å². The quantitative estimate of drug-likeness (QED) is 0.138. The Kier molecular flexibility index (Phi) is 7.07. The maximum Gasteiger partial charge on any atom is 0.140 e. The average Bonchev–Trinajstić information content (AvgIpc) is 3.14. The summed E-state index contributed by atoms with van der Waals surface area (Å²) in [6.45, 7) is 12.6. The maximum absolute atomic E-state index is 5.09. The van der Waals surface area contributed by atoms with Gasteiger partial charge in [-0.2, -0.15) is 0 Å². The fraction of sp³-hybridized carbons (Fsp3) is 0.0682. The van der Waals surface area contributed by atoms with Crippen molar-refractivity contribution in [1.29, 1.82) is 0 Å². The van der Waals surface area contributed by atoms with Gasteiger partial charge in [0.15, 0.2) is 0 Å². The van der Waals surface area contributed by atoms with Gasteiger partial charge in [-0.15, -0.1) is 0 Å². The molecule has 0 atom stereocenters. The van der Waals surface area contributed by atoms with Crippen molar-refractivity contribution in [2.24, 2.45) is 4.99 Å². The monoisotopic (exact) mass is 618 g/mol. The summed E-state index contributed by atoms with van der Waals surface area (Å²) in [4.78, 5) is 16.4. The predicted octanol–water partition coefficient (Wildman–Crippen LogP) is 11.3. The van der Waals surface area contributed by atoms with E-state index in [1.165, 1.54) is 5.56 Å². The Morgan fingerprint density at radius 3 is 2.00 bits per heavy atom. The third-order valence-electron chi connectivity index (χ3n) is 9.52. The van der Waals surface area contributed by atoms with Crippen LogP contribution in [0.4, 0.5) is 11.4 Å². The van der Waals surface area contributed by atoms with Crippen LogP contribution in [0.5, 0.6) is 0 Å². The molecule has 0 N–H and O–H groups in total. The topological polar surface area (TPSA) is 41.4 Å². The van der Waals surface area contributed by atoms with E-state index in [2.05, 4.69) is 151 Å². The van der Waals surface area contributed by atoms with Crippen molar-refractivity contribution in [3.8, 4) is 33.5 Å². The number of allylic oxidation sites excluding steroid dienone is 2. The molecule has 7 aromatic rings. The van der Waals surface area contributed by atoms with Gasteiger partial charge in [-0.1, -0.05) is 111 Å². The molecule has 0 amide bonds. The molecule has 1 aliphatic heterocycles. The second kappa shape index (κ2) is 11.6. The Balaban J connectivity index is 1.19. The number of pyridine rings is 2. The maximum atomic E-state index is 5.09. The molecule has 4 nitrogen and oxygen atoms in total. The molecule has 0 spiro atoms. The van der Waals surface area contributed by atoms with Crippen LogP contribution in [0.1, 0.15) is 19.4 Å². The summed E-state index contributed by atoms with van der Waals surface area (Å²) in [5.74, 6) is 0.814. The fourth-order valence-corrected chi connectivity index (χ4v) is 7.03. The minimum absolute atomic E-state index is 0.325. The number of hydrogen-bond donors (Lipinski definition) is 0. The largest absolute Gasteiger partial charge is 0.295 e. The minimum atomic E-state index is -0.325. The zero-order chi connectivity index (χ0) is 32.8. The molecule has 3 heterocycles. The SMILES string of the molecule is C=CC1=C(N=C)N(c2ccccc2)c2ccc(-c3cccc(-c4cccc(-c5ccc6ccc7cccnc7c6n5)c4)c3)cc2C1(C)C. The van der Waals surface area contributed by atoms with E-state index < -0.39 is 0 Å². The lowest BCUT2D eigenvalue weighted by Crippen LogP contribution is -2.33. The Bertz CT molecular complexity index is 2420. The number of aliphatic imine (C=N–C) groups is 1. The van der Waals surface area contributed by atoms with Gasteiger partial charge in [0.1, 0.15) is 5.82 Å². The summed E-state index contributed by atoms with van der Waals surface area (Å²) in [7, 11) is 0. The molecule has 0 unspecified atom stereocenters. The molecule has 0 saturated carbocycles. The van der Waals surface area contributed by atoms with Gasteiger partial charge < -0.3 is 0 Å². The summed E-state index contributed by atoms with van der Waals surface area (Å²) >= 11 is 0. The number of fused-ring (bicyclic) bond motifs is 4. The van der Waals surface area contributed by atoms with Gasteiger partial charge in [-0.3, -0.25) is 9.88 Å². The smallest absolute Gasteiger partial charge is 0.140 e. The second-order valence-electron chi connectivity index (χ2n) is 12.7. The lowest BCUT2D eigenvalue weighted by molar-refractivity contribution is 0.616. The number of hydrogen-bond acceptors (Lipinski definition) is 4. The molecule has 0 aliphatic carbocycles. The summed E-state index contributed by atoms with van der Waals surface area (Å²) in [6, 6.07) is 47.0. The molecule has 2 aromatic heterocycles. The van der Waals surface area contributed by atoms with Crippen LogP contribution in [-0.2, 0) is 5.41 Å². The van der Waals surface area contributed by atoms with E-state index in [1.54, 1.807) is 0 Å². The van der Waals surface area contributed by atoms with E-state index in [-0.39, 0.29) is 5.41 Å². The van der Waals surface area contributed by atoms with Gasteiger partial charge in [0.25, 0.3) is 0 Å². The highest BCUT2D eigenvalue weighted by molar-refractivity contribution is 6.03. The number of aromatic nitrogens is 2. The van der Waals surface area contributed by atoms with Crippen molar-refractivity contribution in [3.63, 3.8) is 0 Å². The van der Waals surface area contributed by atoms with Crippen LogP contribution in [0.2, 0.25) is 0 Å². The first kappa shape index (κ1) is 29.3.